The molecule has 0 amide bonds. The Morgan fingerprint density at radius 3 is 2.00 bits per heavy atom. The van der Waals surface area contributed by atoms with Crippen molar-refractivity contribution in [1.29, 1.82) is 0 Å². The van der Waals surface area contributed by atoms with Crippen molar-refractivity contribution in [3.8, 4) is 11.5 Å². The van der Waals surface area contributed by atoms with Crippen molar-refractivity contribution in [1.82, 2.24) is 19.5 Å². The minimum Gasteiger partial charge on any atom is -0.368 e. The van der Waals surface area contributed by atoms with Gasteiger partial charge in [-0.15, -0.1) is 0 Å². The van der Waals surface area contributed by atoms with Crippen LogP contribution in [0.25, 0.3) is 11.5 Å². The Bertz CT molecular complexity index is 1100. The average molecular weight is 485 g/mol. The average Bonchev–Trinajstić information content (AvgIpc) is 3.02. The summed E-state index contributed by atoms with van der Waals surface area (Å²) >= 11 is 0. The number of imidazole rings is 1. The highest BCUT2D eigenvalue weighted by Crippen LogP contribution is 2.56. The van der Waals surface area contributed by atoms with Gasteiger partial charge in [-0.05, 0) is 0 Å². The number of alkyl halides is 9. The predicted molar refractivity (Wildman–Crippen MR) is 86.2 cm³/mol. The Balaban J connectivity index is 2.74. The van der Waals surface area contributed by atoms with E-state index in [-0.39, 0.29) is 10.8 Å². The first kappa shape index (κ1) is 24.7. The highest BCUT2D eigenvalue weighted by Gasteiger charge is 2.82. The number of hydrogen-bond donors (Lipinski definition) is 1. The summed E-state index contributed by atoms with van der Waals surface area (Å²) in [7, 11) is -3.58. The van der Waals surface area contributed by atoms with E-state index in [0.29, 0.717) is 13.2 Å². The number of sulfone groups is 1. The maximum Gasteiger partial charge on any atom is 0.460 e. The zero-order valence-electron chi connectivity index (χ0n) is 15.4. The molecule has 2 heterocycles. The van der Waals surface area contributed by atoms with Gasteiger partial charge in [0.15, 0.2) is 15.7 Å². The fraction of sp³-hybridized carbons (Fsp3) is 0.500. The number of hydrogen-bond acceptors (Lipinski definition) is 6. The molecule has 0 aliphatic carbocycles. The first-order valence-electron chi connectivity index (χ1n) is 7.91. The quantitative estimate of drug-likeness (QED) is 0.631. The molecule has 2 rings (SSSR count). The molecule has 0 aromatic carbocycles. The number of nitrogens with two attached hydrogens (primary N) is 1. The summed E-state index contributed by atoms with van der Waals surface area (Å²) in [5, 5.41) is 0. The van der Waals surface area contributed by atoms with E-state index >= 15 is 0 Å². The van der Waals surface area contributed by atoms with E-state index in [0.717, 1.165) is 0 Å². The molecule has 2 aromatic rings. The molecule has 174 valence electrons. The van der Waals surface area contributed by atoms with Crippen molar-refractivity contribution < 1.29 is 47.9 Å². The number of nitrogen functional groups attached to an aromatic ring is 1. The van der Waals surface area contributed by atoms with Crippen molar-refractivity contribution in [3.05, 3.63) is 18.1 Å². The van der Waals surface area contributed by atoms with Crippen LogP contribution < -0.4 is 5.73 Å². The Morgan fingerprint density at radius 1 is 0.968 bits per heavy atom. The third-order valence-corrected chi connectivity index (χ3v) is 5.88. The number of rotatable bonds is 6. The smallest absolute Gasteiger partial charge is 0.368 e. The fourth-order valence-corrected chi connectivity index (χ4v) is 3.34. The summed E-state index contributed by atoms with van der Waals surface area (Å²) < 4.78 is 144. The van der Waals surface area contributed by atoms with Gasteiger partial charge in [-0.3, -0.25) is 0 Å². The second-order valence-corrected chi connectivity index (χ2v) is 8.34. The molecule has 2 N–H and O–H groups in total. The van der Waals surface area contributed by atoms with Gasteiger partial charge in [0.05, 0.1) is 18.1 Å². The third kappa shape index (κ3) is 3.67. The van der Waals surface area contributed by atoms with Crippen LogP contribution in [0.3, 0.4) is 0 Å². The number of aromatic nitrogens is 4. The molecule has 7 nitrogen and oxygen atoms in total. The Labute approximate surface area is 168 Å². The van der Waals surface area contributed by atoms with Crippen molar-refractivity contribution in [2.75, 3.05) is 11.5 Å². The molecular formula is C14H12F9N5O2S. The lowest BCUT2D eigenvalue weighted by molar-refractivity contribution is -0.400. The van der Waals surface area contributed by atoms with Gasteiger partial charge in [-0.25, -0.2) is 23.4 Å². The molecule has 0 radical (unpaired) electrons. The van der Waals surface area contributed by atoms with E-state index in [1.54, 1.807) is 0 Å². The van der Waals surface area contributed by atoms with Gasteiger partial charge in [-0.1, -0.05) is 6.92 Å². The molecular weight excluding hydrogens is 473 g/mol. The Kier molecular flexibility index (Phi) is 5.76. The lowest BCUT2D eigenvalue weighted by Gasteiger charge is -2.33. The molecule has 0 aliphatic rings. The molecule has 2 aromatic heterocycles. The van der Waals surface area contributed by atoms with Gasteiger partial charge in [0, 0.05) is 7.05 Å². The first-order chi connectivity index (χ1) is 13.8. The van der Waals surface area contributed by atoms with E-state index in [1.165, 1.54) is 6.92 Å². The topological polar surface area (TPSA) is 104 Å². The van der Waals surface area contributed by atoms with E-state index in [9.17, 15) is 47.9 Å². The van der Waals surface area contributed by atoms with Crippen molar-refractivity contribution in [3.63, 3.8) is 0 Å². The molecule has 31 heavy (non-hydrogen) atoms. The largest absolute Gasteiger partial charge is 0.460 e. The maximum absolute atomic E-state index is 14.3. The van der Waals surface area contributed by atoms with Gasteiger partial charge >= 0.3 is 23.9 Å². The van der Waals surface area contributed by atoms with Crippen molar-refractivity contribution >= 4 is 15.8 Å². The van der Waals surface area contributed by atoms with Crippen LogP contribution in [0, 0.1) is 0 Å². The van der Waals surface area contributed by atoms with Gasteiger partial charge in [-0.2, -0.15) is 39.5 Å². The number of nitrogens with zero attached hydrogens (tertiary/aromatic N) is 4. The number of halogens is 9. The molecule has 0 spiro atoms. The second kappa shape index (κ2) is 7.23. The first-order valence-corrected chi connectivity index (χ1v) is 9.56. The molecule has 17 heteroatoms. The van der Waals surface area contributed by atoms with Crippen LogP contribution in [-0.4, -0.2) is 51.7 Å². The van der Waals surface area contributed by atoms with Crippen LogP contribution in [0.4, 0.5) is 45.5 Å². The second-order valence-electron chi connectivity index (χ2n) is 6.09. The molecule has 0 bridgehead atoms. The summed E-state index contributed by atoms with van der Waals surface area (Å²) in [5.41, 5.74) is 2.51. The SMILES string of the molecule is CCS(=O)(=O)c1cnc(N)nc1-c1ncc(C(F)(F)C(F)(F)C(F)(F)C(F)(F)F)n1C. The van der Waals surface area contributed by atoms with Crippen molar-refractivity contribution in [2.45, 2.75) is 35.8 Å². The van der Waals surface area contributed by atoms with Gasteiger partial charge in [0.25, 0.3) is 0 Å². The molecule has 0 aliphatic heterocycles. The minimum absolute atomic E-state index is 0.0107. The number of anilines is 1. The monoisotopic (exact) mass is 485 g/mol. The van der Waals surface area contributed by atoms with E-state index in [2.05, 4.69) is 15.0 Å². The summed E-state index contributed by atoms with van der Waals surface area (Å²) in [6, 6.07) is 0. The van der Waals surface area contributed by atoms with Crippen LogP contribution in [0.1, 0.15) is 12.6 Å². The van der Waals surface area contributed by atoms with Crippen LogP contribution in [0.5, 0.6) is 0 Å². The highest BCUT2D eigenvalue weighted by molar-refractivity contribution is 7.91. The maximum atomic E-state index is 14.3. The van der Waals surface area contributed by atoms with E-state index in [4.69, 9.17) is 5.73 Å². The molecule has 0 saturated carbocycles. The standard InChI is InChI=1S/C14H12F9N5O2S/c1-3-31(29,30)6-4-26-10(24)27-8(6)9-25-5-7(28(9)2)11(15,16)12(17,18)13(19,20)14(21,22)23/h4-5H,3H2,1-2H3,(H2,24,26,27). The van der Waals surface area contributed by atoms with Gasteiger partial charge in [0.2, 0.25) is 5.95 Å². The highest BCUT2D eigenvalue weighted by atomic mass is 32.2. The third-order valence-electron chi connectivity index (χ3n) is 4.16. The van der Waals surface area contributed by atoms with Crippen LogP contribution in [0.2, 0.25) is 0 Å². The Morgan fingerprint density at radius 2 is 1.52 bits per heavy atom. The molecule has 0 saturated heterocycles. The van der Waals surface area contributed by atoms with E-state index < -0.39 is 67.6 Å². The zero-order valence-corrected chi connectivity index (χ0v) is 16.2. The Hall–Kier alpha value is -2.59. The predicted octanol–water partition coefficient (Wildman–Crippen LogP) is 3.18. The summed E-state index contributed by atoms with van der Waals surface area (Å²) in [6.07, 6.45) is -6.42. The molecule has 0 atom stereocenters. The molecule has 0 fully saturated rings. The van der Waals surface area contributed by atoms with Crippen LogP contribution in [0.15, 0.2) is 17.3 Å². The lowest BCUT2D eigenvalue weighted by Crippen LogP contribution is -2.59. The fourth-order valence-electron chi connectivity index (χ4n) is 2.39. The zero-order chi connectivity index (χ0) is 24.2. The van der Waals surface area contributed by atoms with Gasteiger partial charge in [0.1, 0.15) is 16.3 Å². The van der Waals surface area contributed by atoms with Crippen LogP contribution in [-0.2, 0) is 22.8 Å². The van der Waals surface area contributed by atoms with Gasteiger partial charge < -0.3 is 10.3 Å². The summed E-state index contributed by atoms with van der Waals surface area (Å²) in [5.74, 6) is -22.1. The normalized spacial score (nSPS) is 14.2. The molecule has 0 unspecified atom stereocenters. The minimum atomic E-state index is -7.11. The lowest BCUT2D eigenvalue weighted by atomic mass is 10.0. The van der Waals surface area contributed by atoms with Crippen molar-refractivity contribution in [2.24, 2.45) is 7.05 Å². The summed E-state index contributed by atoms with van der Waals surface area (Å²) in [6.45, 7) is 1.19. The van der Waals surface area contributed by atoms with E-state index in [1.807, 2.05) is 0 Å². The van der Waals surface area contributed by atoms with Crippen LogP contribution >= 0.6 is 0 Å². The summed E-state index contributed by atoms with van der Waals surface area (Å²) in [4.78, 5) is 9.49.